The lowest BCUT2D eigenvalue weighted by atomic mass is 10.2. The van der Waals surface area contributed by atoms with Gasteiger partial charge in [-0.3, -0.25) is 0 Å². The molecule has 1 aliphatic rings. The number of pyridine rings is 1. The Hall–Kier alpha value is -2.68. The molecule has 0 aliphatic carbocycles. The van der Waals surface area contributed by atoms with Gasteiger partial charge < -0.3 is 19.7 Å². The smallest absolute Gasteiger partial charge is 0.433 e. The second-order valence-electron chi connectivity index (χ2n) is 5.78. The first-order valence-corrected chi connectivity index (χ1v) is 8.24. The van der Waals surface area contributed by atoms with E-state index in [1.165, 1.54) is 24.1 Å². The molecule has 1 aromatic carbocycles. The summed E-state index contributed by atoms with van der Waals surface area (Å²) >= 11 is 5.92. The highest BCUT2D eigenvalue weighted by molar-refractivity contribution is 6.31. The van der Waals surface area contributed by atoms with Crippen LogP contribution in [0.3, 0.4) is 0 Å². The van der Waals surface area contributed by atoms with Crippen LogP contribution < -0.4 is 14.8 Å². The Labute approximate surface area is 157 Å². The van der Waals surface area contributed by atoms with Crippen LogP contribution in [0.5, 0.6) is 11.6 Å². The van der Waals surface area contributed by atoms with Crippen LogP contribution in [0, 0.1) is 0 Å². The number of hydrogen-bond donors (Lipinski definition) is 1. The number of hydrogen-bond acceptors (Lipinski definition) is 4. The highest BCUT2D eigenvalue weighted by Gasteiger charge is 2.35. The van der Waals surface area contributed by atoms with E-state index in [0.717, 1.165) is 6.07 Å². The van der Waals surface area contributed by atoms with E-state index in [4.69, 9.17) is 21.1 Å². The maximum atomic E-state index is 12.7. The Morgan fingerprint density at radius 2 is 2.04 bits per heavy atom. The van der Waals surface area contributed by atoms with E-state index in [2.05, 4.69) is 10.3 Å². The summed E-state index contributed by atoms with van der Waals surface area (Å²) in [6.45, 7) is 0.430. The number of ether oxygens (including phenoxy) is 2. The fourth-order valence-electron chi connectivity index (χ4n) is 2.46. The molecular weight excluding hydrogens is 387 g/mol. The third-order valence-electron chi connectivity index (χ3n) is 3.84. The minimum Gasteiger partial charge on any atom is -0.495 e. The number of benzene rings is 1. The van der Waals surface area contributed by atoms with Crippen molar-refractivity contribution in [2.45, 2.75) is 12.3 Å². The van der Waals surface area contributed by atoms with Crippen LogP contribution in [0.15, 0.2) is 36.4 Å². The first-order chi connectivity index (χ1) is 12.8. The van der Waals surface area contributed by atoms with Gasteiger partial charge in [0, 0.05) is 11.1 Å². The molecule has 1 saturated heterocycles. The Bertz CT molecular complexity index is 842. The van der Waals surface area contributed by atoms with Gasteiger partial charge >= 0.3 is 12.2 Å². The summed E-state index contributed by atoms with van der Waals surface area (Å²) in [4.78, 5) is 17.1. The van der Waals surface area contributed by atoms with Crippen LogP contribution in [-0.2, 0) is 6.18 Å². The second-order valence-corrected chi connectivity index (χ2v) is 6.21. The number of urea groups is 1. The van der Waals surface area contributed by atoms with Crippen molar-refractivity contribution in [3.05, 3.63) is 47.1 Å². The minimum absolute atomic E-state index is 0.133. The average Bonchev–Trinajstić information content (AvgIpc) is 2.57. The highest BCUT2D eigenvalue weighted by atomic mass is 35.5. The van der Waals surface area contributed by atoms with Crippen LogP contribution in [0.1, 0.15) is 5.69 Å². The zero-order valence-electron chi connectivity index (χ0n) is 14.1. The van der Waals surface area contributed by atoms with Crippen LogP contribution in [0.2, 0.25) is 5.02 Å². The molecule has 0 atom stereocenters. The van der Waals surface area contributed by atoms with E-state index in [9.17, 15) is 18.0 Å². The number of nitrogens with one attached hydrogen (secondary N) is 1. The molecule has 2 aromatic rings. The second kappa shape index (κ2) is 7.51. The maximum absolute atomic E-state index is 12.7. The molecule has 0 saturated carbocycles. The molecule has 2 heterocycles. The summed E-state index contributed by atoms with van der Waals surface area (Å²) < 4.78 is 48.6. The molecule has 3 rings (SSSR count). The van der Waals surface area contributed by atoms with Crippen molar-refractivity contribution in [3.63, 3.8) is 0 Å². The van der Waals surface area contributed by atoms with E-state index < -0.39 is 24.0 Å². The number of methoxy groups -OCH3 is 1. The van der Waals surface area contributed by atoms with Crippen LogP contribution in [0.4, 0.5) is 23.7 Å². The molecule has 1 fully saturated rings. The number of amides is 2. The Balaban J connectivity index is 1.55. The largest absolute Gasteiger partial charge is 0.495 e. The lowest BCUT2D eigenvalue weighted by molar-refractivity contribution is -0.141. The number of carbonyl (C=O) groups is 1. The zero-order valence-corrected chi connectivity index (χ0v) is 14.8. The van der Waals surface area contributed by atoms with Crippen molar-refractivity contribution in [3.8, 4) is 11.6 Å². The summed E-state index contributed by atoms with van der Waals surface area (Å²) in [5.41, 5.74) is -0.610. The van der Waals surface area contributed by atoms with Crippen LogP contribution in [-0.4, -0.2) is 42.2 Å². The highest BCUT2D eigenvalue weighted by Crippen LogP contribution is 2.30. The molecule has 2 amide bonds. The monoisotopic (exact) mass is 401 g/mol. The molecule has 0 unspecified atom stereocenters. The molecule has 0 spiro atoms. The molecule has 27 heavy (non-hydrogen) atoms. The van der Waals surface area contributed by atoms with E-state index in [1.807, 2.05) is 0 Å². The number of anilines is 1. The molecule has 1 aromatic heterocycles. The average molecular weight is 402 g/mol. The van der Waals surface area contributed by atoms with Crippen molar-refractivity contribution in [1.29, 1.82) is 0 Å². The fraction of sp³-hybridized carbons (Fsp3) is 0.294. The molecule has 0 radical (unpaired) electrons. The topological polar surface area (TPSA) is 63.7 Å². The molecule has 1 aliphatic heterocycles. The zero-order chi connectivity index (χ0) is 19.6. The summed E-state index contributed by atoms with van der Waals surface area (Å²) in [6, 6.07) is 7.84. The number of alkyl halides is 3. The van der Waals surface area contributed by atoms with Gasteiger partial charge in [-0.1, -0.05) is 17.7 Å². The van der Waals surface area contributed by atoms with Gasteiger partial charge in [-0.15, -0.1) is 0 Å². The van der Waals surface area contributed by atoms with E-state index in [0.29, 0.717) is 16.5 Å². The number of carbonyl (C=O) groups excluding carboxylic acids is 1. The van der Waals surface area contributed by atoms with Crippen molar-refractivity contribution in [2.24, 2.45) is 0 Å². The standard InChI is InChI=1S/C17H15ClF3N3O3/c1-26-13-6-5-10(18)7-12(13)22-16(25)24-8-11(9-24)27-15-4-2-3-14(23-15)17(19,20)21/h2-7,11H,8-9H2,1H3,(H,22,25). The van der Waals surface area contributed by atoms with Crippen molar-refractivity contribution in [1.82, 2.24) is 9.88 Å². The van der Waals surface area contributed by atoms with E-state index in [-0.39, 0.29) is 19.0 Å². The predicted octanol–water partition coefficient (Wildman–Crippen LogP) is 4.06. The number of nitrogens with zero attached hydrogens (tertiary/aromatic N) is 2. The van der Waals surface area contributed by atoms with Crippen LogP contribution >= 0.6 is 11.6 Å². The lowest BCUT2D eigenvalue weighted by Crippen LogP contribution is -2.57. The van der Waals surface area contributed by atoms with Crippen molar-refractivity contribution in [2.75, 3.05) is 25.5 Å². The van der Waals surface area contributed by atoms with E-state index in [1.54, 1.807) is 18.2 Å². The molecule has 144 valence electrons. The summed E-state index contributed by atoms with van der Waals surface area (Å²) in [6.07, 6.45) is -4.98. The molecule has 6 nitrogen and oxygen atoms in total. The fourth-order valence-corrected chi connectivity index (χ4v) is 2.63. The first kappa shape index (κ1) is 19.1. The van der Waals surface area contributed by atoms with Gasteiger partial charge in [0.05, 0.1) is 25.9 Å². The van der Waals surface area contributed by atoms with Gasteiger partial charge in [0.2, 0.25) is 5.88 Å². The van der Waals surface area contributed by atoms with Gasteiger partial charge in [0.15, 0.2) is 0 Å². The molecular formula is C17H15ClF3N3O3. The minimum atomic E-state index is -4.54. The van der Waals surface area contributed by atoms with Crippen molar-refractivity contribution < 1.29 is 27.4 Å². The summed E-state index contributed by atoms with van der Waals surface area (Å²) in [5.74, 6) is 0.320. The Kier molecular flexibility index (Phi) is 5.31. The Morgan fingerprint density at radius 1 is 1.30 bits per heavy atom. The number of likely N-dealkylation sites (tertiary alicyclic amines) is 1. The van der Waals surface area contributed by atoms with Crippen LogP contribution in [0.25, 0.3) is 0 Å². The number of aromatic nitrogens is 1. The Morgan fingerprint density at radius 3 is 2.70 bits per heavy atom. The third-order valence-corrected chi connectivity index (χ3v) is 4.07. The first-order valence-electron chi connectivity index (χ1n) is 7.86. The summed E-state index contributed by atoms with van der Waals surface area (Å²) in [7, 11) is 1.47. The summed E-state index contributed by atoms with van der Waals surface area (Å²) in [5, 5.41) is 3.11. The normalized spacial score (nSPS) is 14.5. The van der Waals surface area contributed by atoms with E-state index >= 15 is 0 Å². The van der Waals surface area contributed by atoms with Gasteiger partial charge in [-0.25, -0.2) is 9.78 Å². The predicted molar refractivity (Wildman–Crippen MR) is 92.3 cm³/mol. The third kappa shape index (κ3) is 4.54. The van der Waals surface area contributed by atoms with Gasteiger partial charge in [0.1, 0.15) is 17.5 Å². The van der Waals surface area contributed by atoms with Gasteiger partial charge in [-0.05, 0) is 24.3 Å². The number of halogens is 4. The quantitative estimate of drug-likeness (QED) is 0.839. The van der Waals surface area contributed by atoms with Crippen molar-refractivity contribution >= 4 is 23.3 Å². The van der Waals surface area contributed by atoms with Gasteiger partial charge in [0.25, 0.3) is 0 Å². The lowest BCUT2D eigenvalue weighted by Gasteiger charge is -2.38. The molecule has 1 N–H and O–H groups in total. The number of rotatable bonds is 4. The SMILES string of the molecule is COc1ccc(Cl)cc1NC(=O)N1CC(Oc2cccc(C(F)(F)F)n2)C1. The van der Waals surface area contributed by atoms with Gasteiger partial charge in [-0.2, -0.15) is 13.2 Å². The maximum Gasteiger partial charge on any atom is 0.433 e. The molecule has 0 bridgehead atoms. The molecule has 10 heteroatoms.